The number of hydrogen-bond acceptors (Lipinski definition) is 2. The van der Waals surface area contributed by atoms with E-state index in [1.54, 1.807) is 19.2 Å². The molecule has 1 heterocycles. The number of anilines is 1. The van der Waals surface area contributed by atoms with E-state index in [2.05, 4.69) is 21.2 Å². The van der Waals surface area contributed by atoms with E-state index in [4.69, 9.17) is 4.74 Å². The van der Waals surface area contributed by atoms with Crippen molar-refractivity contribution in [3.8, 4) is 5.75 Å². The van der Waals surface area contributed by atoms with Crippen LogP contribution < -0.4 is 10.1 Å². The van der Waals surface area contributed by atoms with Gasteiger partial charge in [-0.15, -0.1) is 0 Å². The van der Waals surface area contributed by atoms with Crippen molar-refractivity contribution in [2.45, 2.75) is 6.92 Å². The van der Waals surface area contributed by atoms with Gasteiger partial charge >= 0.3 is 0 Å². The Morgan fingerprint density at radius 2 is 2.05 bits per heavy atom. The molecule has 0 unspecified atom stereocenters. The summed E-state index contributed by atoms with van der Waals surface area (Å²) in [6.07, 6.45) is 0. The molecule has 0 saturated heterocycles. The van der Waals surface area contributed by atoms with Crippen LogP contribution in [-0.4, -0.2) is 17.6 Å². The van der Waals surface area contributed by atoms with Crippen molar-refractivity contribution >= 4 is 27.5 Å². The maximum absolute atomic E-state index is 12.2. The average Bonchev–Trinajstić information content (AvgIpc) is 2.70. The standard InChI is InChI=1S/C14H15BrN2O2/c1-9-4-6-12(17(9)2)14(18)16-11-8-10(15)5-7-13(11)19-3/h4-8H,1-3H3,(H,16,18). The quantitative estimate of drug-likeness (QED) is 0.941. The van der Waals surface area contributed by atoms with Gasteiger partial charge in [0.2, 0.25) is 0 Å². The van der Waals surface area contributed by atoms with Gasteiger partial charge < -0.3 is 14.6 Å². The third kappa shape index (κ3) is 2.81. The fourth-order valence-corrected chi connectivity index (χ4v) is 2.17. The molecule has 100 valence electrons. The first-order chi connectivity index (χ1) is 9.02. The van der Waals surface area contributed by atoms with Gasteiger partial charge in [0.25, 0.3) is 5.91 Å². The second-order valence-corrected chi connectivity index (χ2v) is 5.13. The summed E-state index contributed by atoms with van der Waals surface area (Å²) < 4.78 is 7.96. The van der Waals surface area contributed by atoms with E-state index >= 15 is 0 Å². The summed E-state index contributed by atoms with van der Waals surface area (Å²) in [5, 5.41) is 2.86. The number of carbonyl (C=O) groups excluding carboxylic acids is 1. The van der Waals surface area contributed by atoms with Gasteiger partial charge in [0.05, 0.1) is 12.8 Å². The predicted molar refractivity (Wildman–Crippen MR) is 78.8 cm³/mol. The first-order valence-corrected chi connectivity index (χ1v) is 6.59. The smallest absolute Gasteiger partial charge is 0.272 e. The lowest BCUT2D eigenvalue weighted by molar-refractivity contribution is 0.101. The fraction of sp³-hybridized carbons (Fsp3) is 0.214. The highest BCUT2D eigenvalue weighted by atomic mass is 79.9. The van der Waals surface area contributed by atoms with Crippen molar-refractivity contribution < 1.29 is 9.53 Å². The maximum atomic E-state index is 12.2. The number of nitrogens with zero attached hydrogens (tertiary/aromatic N) is 1. The Labute approximate surface area is 120 Å². The number of methoxy groups -OCH3 is 1. The second kappa shape index (κ2) is 5.48. The fourth-order valence-electron chi connectivity index (χ4n) is 1.81. The van der Waals surface area contributed by atoms with Crippen LogP contribution in [0.1, 0.15) is 16.2 Å². The molecule has 1 aromatic heterocycles. The van der Waals surface area contributed by atoms with Gasteiger partial charge in [-0.1, -0.05) is 15.9 Å². The molecule has 2 rings (SSSR count). The van der Waals surface area contributed by atoms with Crippen LogP contribution in [0.4, 0.5) is 5.69 Å². The highest BCUT2D eigenvalue weighted by Gasteiger charge is 2.13. The van der Waals surface area contributed by atoms with Crippen molar-refractivity contribution in [3.05, 3.63) is 46.2 Å². The zero-order valence-electron chi connectivity index (χ0n) is 11.0. The van der Waals surface area contributed by atoms with Crippen LogP contribution in [0, 0.1) is 6.92 Å². The lowest BCUT2D eigenvalue weighted by Crippen LogP contribution is -2.16. The van der Waals surface area contributed by atoms with Crippen molar-refractivity contribution in [2.75, 3.05) is 12.4 Å². The molecule has 1 aromatic carbocycles. The molecule has 0 spiro atoms. The summed E-state index contributed by atoms with van der Waals surface area (Å²) in [6, 6.07) is 9.19. The third-order valence-electron chi connectivity index (χ3n) is 3.02. The first-order valence-electron chi connectivity index (χ1n) is 5.80. The Hall–Kier alpha value is -1.75. The molecule has 5 heteroatoms. The summed E-state index contributed by atoms with van der Waals surface area (Å²) >= 11 is 3.38. The molecule has 2 aromatic rings. The number of halogens is 1. The molecule has 4 nitrogen and oxygen atoms in total. The molecule has 0 radical (unpaired) electrons. The van der Waals surface area contributed by atoms with Gasteiger partial charge in [-0.05, 0) is 37.3 Å². The van der Waals surface area contributed by atoms with Crippen LogP contribution in [0.25, 0.3) is 0 Å². The van der Waals surface area contributed by atoms with E-state index in [0.29, 0.717) is 17.1 Å². The first kappa shape index (κ1) is 13.7. The lowest BCUT2D eigenvalue weighted by atomic mass is 10.3. The number of amides is 1. The number of ether oxygens (including phenoxy) is 1. The Bertz CT molecular complexity index is 620. The van der Waals surface area contributed by atoms with Gasteiger partial charge in [0, 0.05) is 17.2 Å². The van der Waals surface area contributed by atoms with E-state index in [9.17, 15) is 4.79 Å². The number of hydrogen-bond donors (Lipinski definition) is 1. The van der Waals surface area contributed by atoms with Crippen molar-refractivity contribution in [3.63, 3.8) is 0 Å². The minimum atomic E-state index is -0.160. The summed E-state index contributed by atoms with van der Waals surface area (Å²) in [5.74, 6) is 0.467. The number of carbonyl (C=O) groups is 1. The minimum absolute atomic E-state index is 0.160. The van der Waals surface area contributed by atoms with Crippen molar-refractivity contribution in [1.29, 1.82) is 0 Å². The molecule has 0 bridgehead atoms. The number of aryl methyl sites for hydroxylation is 1. The van der Waals surface area contributed by atoms with E-state index in [0.717, 1.165) is 10.2 Å². The zero-order valence-corrected chi connectivity index (χ0v) is 12.6. The Morgan fingerprint density at radius 1 is 1.32 bits per heavy atom. The number of aromatic nitrogens is 1. The van der Waals surface area contributed by atoms with Crippen LogP contribution in [0.15, 0.2) is 34.8 Å². The maximum Gasteiger partial charge on any atom is 0.272 e. The monoisotopic (exact) mass is 322 g/mol. The molecule has 0 saturated carbocycles. The van der Waals surface area contributed by atoms with Gasteiger partial charge in [0.1, 0.15) is 11.4 Å². The lowest BCUT2D eigenvalue weighted by Gasteiger charge is -2.11. The van der Waals surface area contributed by atoms with Gasteiger partial charge in [-0.25, -0.2) is 0 Å². The average molecular weight is 323 g/mol. The summed E-state index contributed by atoms with van der Waals surface area (Å²) in [4.78, 5) is 12.2. The van der Waals surface area contributed by atoms with Crippen LogP contribution >= 0.6 is 15.9 Å². The summed E-state index contributed by atoms with van der Waals surface area (Å²) in [7, 11) is 3.44. The van der Waals surface area contributed by atoms with Gasteiger partial charge in [0.15, 0.2) is 0 Å². The van der Waals surface area contributed by atoms with Gasteiger partial charge in [-0.2, -0.15) is 0 Å². The number of benzene rings is 1. The molecule has 19 heavy (non-hydrogen) atoms. The minimum Gasteiger partial charge on any atom is -0.495 e. The Kier molecular flexibility index (Phi) is 3.95. The zero-order chi connectivity index (χ0) is 14.0. The Balaban J connectivity index is 2.28. The highest BCUT2D eigenvalue weighted by Crippen LogP contribution is 2.28. The molecule has 1 N–H and O–H groups in total. The SMILES string of the molecule is COc1ccc(Br)cc1NC(=O)c1ccc(C)n1C. The topological polar surface area (TPSA) is 43.3 Å². The second-order valence-electron chi connectivity index (χ2n) is 4.22. The molecule has 0 fully saturated rings. The predicted octanol–water partition coefficient (Wildman–Crippen LogP) is 3.36. The van der Waals surface area contributed by atoms with Crippen LogP contribution in [0.2, 0.25) is 0 Å². The molecule has 1 amide bonds. The normalized spacial score (nSPS) is 10.3. The van der Waals surface area contributed by atoms with Gasteiger partial charge in [-0.3, -0.25) is 4.79 Å². The van der Waals surface area contributed by atoms with E-state index in [1.165, 1.54) is 0 Å². The Morgan fingerprint density at radius 3 is 2.63 bits per heavy atom. The molecule has 0 aliphatic rings. The van der Waals surface area contributed by atoms with E-state index in [1.807, 2.05) is 36.7 Å². The van der Waals surface area contributed by atoms with Crippen LogP contribution in [-0.2, 0) is 7.05 Å². The highest BCUT2D eigenvalue weighted by molar-refractivity contribution is 9.10. The van der Waals surface area contributed by atoms with Crippen LogP contribution in [0.3, 0.4) is 0 Å². The molecule has 0 aliphatic carbocycles. The number of nitrogens with one attached hydrogen (secondary N) is 1. The van der Waals surface area contributed by atoms with E-state index < -0.39 is 0 Å². The van der Waals surface area contributed by atoms with Crippen LogP contribution in [0.5, 0.6) is 5.75 Å². The molecule has 0 atom stereocenters. The number of rotatable bonds is 3. The van der Waals surface area contributed by atoms with Crippen molar-refractivity contribution in [1.82, 2.24) is 4.57 Å². The summed E-state index contributed by atoms with van der Waals surface area (Å²) in [5.41, 5.74) is 2.28. The van der Waals surface area contributed by atoms with Crippen molar-refractivity contribution in [2.24, 2.45) is 7.05 Å². The largest absolute Gasteiger partial charge is 0.495 e. The molecular formula is C14H15BrN2O2. The molecular weight excluding hydrogens is 308 g/mol. The third-order valence-corrected chi connectivity index (χ3v) is 3.51. The summed E-state index contributed by atoms with van der Waals surface area (Å²) in [6.45, 7) is 1.95. The molecule has 0 aliphatic heterocycles. The van der Waals surface area contributed by atoms with E-state index in [-0.39, 0.29) is 5.91 Å².